The van der Waals surface area contributed by atoms with Crippen molar-refractivity contribution in [2.45, 2.75) is 65.2 Å². The van der Waals surface area contributed by atoms with E-state index in [0.717, 1.165) is 67.1 Å². The molecule has 0 amide bonds. The molecule has 0 saturated heterocycles. The number of hydrogen-bond acceptors (Lipinski definition) is 12. The summed E-state index contributed by atoms with van der Waals surface area (Å²) in [6.45, 7) is 14.4. The summed E-state index contributed by atoms with van der Waals surface area (Å²) in [5.74, 6) is 4.82. The Bertz CT molecular complexity index is 3930. The van der Waals surface area contributed by atoms with E-state index in [0.29, 0.717) is 119 Å². The van der Waals surface area contributed by atoms with Gasteiger partial charge in [-0.05, 0) is 101 Å². The van der Waals surface area contributed by atoms with Gasteiger partial charge in [0.05, 0.1) is 79.3 Å². The Balaban J connectivity index is 0.000000316. The second-order valence-electron chi connectivity index (χ2n) is 25.1. The topological polar surface area (TPSA) is 126 Å². The molecule has 0 fully saturated rings. The Morgan fingerprint density at radius 3 is 0.793 bits per heavy atom. The van der Waals surface area contributed by atoms with E-state index in [-0.39, 0.29) is 0 Å². The number of unbranched alkanes of at least 4 members (excludes halogenated alkanes) is 3. The first kappa shape index (κ1) is 98.7. The van der Waals surface area contributed by atoms with Gasteiger partial charge in [0.25, 0.3) is 0 Å². The van der Waals surface area contributed by atoms with Crippen LogP contribution in [-0.4, -0.2) is 119 Å². The van der Waals surface area contributed by atoms with Crippen LogP contribution in [0.5, 0.6) is 34.5 Å². The zero-order valence-corrected chi connectivity index (χ0v) is 65.6. The molecule has 12 aliphatic rings. The summed E-state index contributed by atoms with van der Waals surface area (Å²) in [6.07, 6.45) is 23.2. The Kier molecular flexibility index (Phi) is 34.2. The van der Waals surface area contributed by atoms with Crippen molar-refractivity contribution in [3.63, 3.8) is 0 Å². The molecule has 8 aromatic rings. The van der Waals surface area contributed by atoms with Crippen molar-refractivity contribution in [2.75, 3.05) is 119 Å². The standard InChI is InChI=1S/C44H48N4O2.C28H40O10.4F6P/c1-2-3-4-5-9-42-10-11-43-33-44(42)50-31-29-46-22-14-39(15-23-46)41-18-26-48(27-19-41)35-37-8-6-7-36(32-37)34-47-24-16-40(17-25-47)38-12-20-45(21-13-38)28-30-49-43;1-2-26-4-3-25(1)35-21-17-31-13-9-29-11-15-33-19-23-37-27-5-7-28(8-6-27)38-24-20-34-16-12-30-10-14-32-18-22-36-26;4*1-7(2,3,4,5)6/h6-8,10-27,32-33H,2-5,9,28-31,34-35H2,1H3;1-8H,9-24H2;;;;/q+4;;4*-1. The van der Waals surface area contributed by atoms with Crippen LogP contribution in [0.25, 0.3) is 22.3 Å². The molecular formula is C72H88F24N4O12P4. The minimum absolute atomic E-state index is 0.459. The zero-order chi connectivity index (χ0) is 85.9. The van der Waals surface area contributed by atoms with Gasteiger partial charge in [-0.1, -0.05) is 50.5 Å². The fraction of sp³-hybridized carbons (Fsp3) is 0.389. The first-order valence-electron chi connectivity index (χ1n) is 35.3. The number of rotatable bonds is 5. The van der Waals surface area contributed by atoms with Gasteiger partial charge in [-0.2, -0.15) is 0 Å². The molecule has 0 atom stereocenters. The van der Waals surface area contributed by atoms with Gasteiger partial charge >= 0.3 is 132 Å². The van der Waals surface area contributed by atoms with E-state index in [1.54, 1.807) is 0 Å². The molecule has 0 aliphatic carbocycles. The van der Waals surface area contributed by atoms with E-state index >= 15 is 0 Å². The number of pyridine rings is 4. The summed E-state index contributed by atoms with van der Waals surface area (Å²) < 4.78 is 314. The summed E-state index contributed by atoms with van der Waals surface area (Å²) in [4.78, 5) is 0. The number of halogens is 24. The maximum absolute atomic E-state index is 10.7. The average molecular weight is 1780 g/mol. The van der Waals surface area contributed by atoms with Crippen molar-refractivity contribution < 1.29 is 176 Å². The van der Waals surface area contributed by atoms with Gasteiger partial charge in [-0.15, -0.1) is 0 Å². The van der Waals surface area contributed by atoms with Crippen LogP contribution in [0.2, 0.25) is 0 Å². The Morgan fingerprint density at radius 1 is 0.259 bits per heavy atom. The molecule has 0 unspecified atom stereocenters. The van der Waals surface area contributed by atoms with Crippen LogP contribution in [0.1, 0.15) is 49.3 Å². The van der Waals surface area contributed by atoms with Crippen LogP contribution in [0, 0.1) is 0 Å². The molecule has 16 nitrogen and oxygen atoms in total. The smallest absolute Gasteiger partial charge is 0.119 e. The van der Waals surface area contributed by atoms with Gasteiger partial charge in [0.1, 0.15) is 74.1 Å². The molecule has 4 aromatic carbocycles. The fourth-order valence-electron chi connectivity index (χ4n) is 9.82. The zero-order valence-electron chi connectivity index (χ0n) is 62.0. The van der Waals surface area contributed by atoms with Crippen LogP contribution in [-0.2, 0) is 61.0 Å². The van der Waals surface area contributed by atoms with Crippen molar-refractivity contribution in [1.82, 2.24) is 0 Å². The minimum Gasteiger partial charge on any atom is -0.491 e. The van der Waals surface area contributed by atoms with Crippen molar-refractivity contribution in [3.05, 3.63) is 206 Å². The molecule has 20 rings (SSSR count). The fourth-order valence-corrected chi connectivity index (χ4v) is 9.82. The molecule has 116 heavy (non-hydrogen) atoms. The quantitative estimate of drug-likeness (QED) is 0.0705. The summed E-state index contributed by atoms with van der Waals surface area (Å²) in [7, 11) is -42.6. The summed E-state index contributed by atoms with van der Waals surface area (Å²) in [5.41, 5.74) is 8.64. The van der Waals surface area contributed by atoms with Gasteiger partial charge in [0.2, 0.25) is 0 Å². The van der Waals surface area contributed by atoms with Crippen molar-refractivity contribution in [2.24, 2.45) is 0 Å². The number of aromatic nitrogens is 4. The second-order valence-corrected chi connectivity index (χ2v) is 32.8. The van der Waals surface area contributed by atoms with Gasteiger partial charge < -0.3 is 56.8 Å². The van der Waals surface area contributed by atoms with Gasteiger partial charge in [0, 0.05) is 65.7 Å². The van der Waals surface area contributed by atoms with Gasteiger partial charge in [-0.3, -0.25) is 0 Å². The maximum Gasteiger partial charge on any atom is 0.119 e. The molecule has 16 bridgehead atoms. The first-order valence-corrected chi connectivity index (χ1v) is 43.4. The van der Waals surface area contributed by atoms with E-state index in [2.05, 4.69) is 166 Å². The Labute approximate surface area is 651 Å². The maximum atomic E-state index is 9.87. The van der Waals surface area contributed by atoms with Gasteiger partial charge in [-0.25, -0.2) is 18.3 Å². The molecular weight excluding hydrogens is 1690 g/mol. The van der Waals surface area contributed by atoms with Crippen LogP contribution in [0.15, 0.2) is 189 Å². The third-order valence-electron chi connectivity index (χ3n) is 14.6. The molecule has 0 spiro atoms. The molecule has 16 heterocycles. The SMILES string of the molecule is CCCCCCc1ccc2cc1OCC[n+]1ccc(cc1)-c1cc[n+](cc1)Cc1cccc(c1)C[n+]1ccc(cc1)-c1cc[n+](cc1)CCO2.F[P-](F)(F)(F)(F)F.F[P-](F)(F)(F)(F)F.F[P-](F)(F)(F)(F)F.F[P-](F)(F)(F)(F)F.c1cc2ccc1OCCOCCOCCOCCOc1ccc(cc1)OCCOCCOCCOCCO2. The predicted octanol–water partition coefficient (Wildman–Crippen LogP) is 23.4. The number of benzene rings is 4. The predicted molar refractivity (Wildman–Crippen MR) is 389 cm³/mol. The second kappa shape index (κ2) is 40.2. The molecule has 656 valence electrons. The number of nitrogens with zero attached hydrogens (tertiary/aromatic N) is 4. The van der Waals surface area contributed by atoms with E-state index < -0.39 is 31.2 Å². The largest absolute Gasteiger partial charge is 0.491 e. The van der Waals surface area contributed by atoms with E-state index in [4.69, 9.17) is 56.8 Å². The van der Waals surface area contributed by atoms with Crippen LogP contribution < -0.4 is 46.7 Å². The van der Waals surface area contributed by atoms with Crippen molar-refractivity contribution in [1.29, 1.82) is 0 Å². The number of ether oxygens (including phenoxy) is 12. The van der Waals surface area contributed by atoms with E-state index in [1.807, 2.05) is 48.5 Å². The first-order chi connectivity index (χ1) is 53.4. The summed E-state index contributed by atoms with van der Waals surface area (Å²) in [6, 6.07) is 47.7. The Hall–Kier alpha value is -7.92. The third-order valence-corrected chi connectivity index (χ3v) is 14.6. The monoisotopic (exact) mass is 1780 g/mol. The Morgan fingerprint density at radius 2 is 0.509 bits per heavy atom. The van der Waals surface area contributed by atoms with Gasteiger partial charge in [0.15, 0.2) is 75.8 Å². The van der Waals surface area contributed by atoms with Crippen molar-refractivity contribution >= 4 is 31.2 Å². The van der Waals surface area contributed by atoms with E-state index in [9.17, 15) is 101 Å². The van der Waals surface area contributed by atoms with E-state index in [1.165, 1.54) is 64.6 Å². The molecule has 44 heteroatoms. The number of hydrogen-bond donors (Lipinski definition) is 0. The average Bonchev–Trinajstić information content (AvgIpc) is 0.800. The van der Waals surface area contributed by atoms with Crippen molar-refractivity contribution in [3.8, 4) is 56.8 Å². The summed E-state index contributed by atoms with van der Waals surface area (Å²) in [5, 5.41) is 0. The molecule has 12 aliphatic heterocycles. The minimum atomic E-state index is -10.7. The van der Waals surface area contributed by atoms with Crippen LogP contribution >= 0.6 is 31.2 Å². The molecule has 0 radical (unpaired) electrons. The molecule has 0 N–H and O–H groups in total. The number of aryl methyl sites for hydroxylation is 1. The normalized spacial score (nSPS) is 17.5. The third kappa shape index (κ3) is 58.8. The van der Waals surface area contributed by atoms with Crippen LogP contribution in [0.4, 0.5) is 101 Å². The molecule has 4 aromatic heterocycles. The van der Waals surface area contributed by atoms with Crippen LogP contribution in [0.3, 0.4) is 0 Å². The summed E-state index contributed by atoms with van der Waals surface area (Å²) >= 11 is 0. The molecule has 0 saturated carbocycles.